The quantitative estimate of drug-likeness (QED) is 0.653. The van der Waals surface area contributed by atoms with Crippen molar-refractivity contribution in [2.45, 2.75) is 26.2 Å². The molecule has 0 radical (unpaired) electrons. The molecule has 1 saturated heterocycles. The first-order valence-corrected chi connectivity index (χ1v) is 5.90. The highest BCUT2D eigenvalue weighted by Gasteiger charge is 2.17. The van der Waals surface area contributed by atoms with Gasteiger partial charge in [-0.05, 0) is 51.4 Å². The molecule has 0 aromatic rings. The van der Waals surface area contributed by atoms with E-state index in [1.54, 1.807) is 0 Å². The molecule has 1 rings (SSSR count). The lowest BCUT2D eigenvalue weighted by atomic mass is 9.97. The molecule has 0 aromatic heterocycles. The van der Waals surface area contributed by atoms with Gasteiger partial charge in [0.05, 0.1) is 0 Å². The third-order valence-electron chi connectivity index (χ3n) is 3.04. The standard InChI is InChI=1S/C12H24N2/c1-3-5-8-14-9-6-12(7-10-14)11-13-4-2/h3,12-13H,1,4-11H2,2H3. The van der Waals surface area contributed by atoms with E-state index in [2.05, 4.69) is 23.7 Å². The van der Waals surface area contributed by atoms with Gasteiger partial charge in [-0.3, -0.25) is 0 Å². The zero-order valence-corrected chi connectivity index (χ0v) is 9.47. The Morgan fingerprint density at radius 2 is 2.14 bits per heavy atom. The average molecular weight is 196 g/mol. The third-order valence-corrected chi connectivity index (χ3v) is 3.04. The predicted molar refractivity (Wildman–Crippen MR) is 62.5 cm³/mol. The summed E-state index contributed by atoms with van der Waals surface area (Å²) in [4.78, 5) is 2.56. The van der Waals surface area contributed by atoms with Crippen LogP contribution in [0.1, 0.15) is 26.2 Å². The van der Waals surface area contributed by atoms with Gasteiger partial charge in [-0.15, -0.1) is 6.58 Å². The van der Waals surface area contributed by atoms with Crippen LogP contribution in [0, 0.1) is 5.92 Å². The lowest BCUT2D eigenvalue weighted by molar-refractivity contribution is 0.185. The Labute approximate surface area is 88.4 Å². The van der Waals surface area contributed by atoms with Crippen LogP contribution < -0.4 is 5.32 Å². The van der Waals surface area contributed by atoms with Crippen molar-refractivity contribution in [1.82, 2.24) is 10.2 Å². The Balaban J connectivity index is 2.08. The molecule has 1 aliphatic heterocycles. The Bertz CT molecular complexity index is 148. The molecule has 0 spiro atoms. The van der Waals surface area contributed by atoms with E-state index in [1.165, 1.54) is 39.0 Å². The molecule has 1 aliphatic rings. The summed E-state index contributed by atoms with van der Waals surface area (Å²) in [6.45, 7) is 12.0. The number of hydrogen-bond donors (Lipinski definition) is 1. The first kappa shape index (κ1) is 11.7. The van der Waals surface area contributed by atoms with Crippen LogP contribution in [0.5, 0.6) is 0 Å². The fourth-order valence-electron chi connectivity index (χ4n) is 2.04. The second-order valence-corrected chi connectivity index (χ2v) is 4.17. The van der Waals surface area contributed by atoms with Crippen molar-refractivity contribution >= 4 is 0 Å². The van der Waals surface area contributed by atoms with Crippen molar-refractivity contribution in [3.8, 4) is 0 Å². The number of piperidine rings is 1. The second-order valence-electron chi connectivity index (χ2n) is 4.17. The number of nitrogens with zero attached hydrogens (tertiary/aromatic N) is 1. The average Bonchev–Trinajstić information content (AvgIpc) is 2.25. The summed E-state index contributed by atoms with van der Waals surface area (Å²) in [6.07, 6.45) is 5.89. The second kappa shape index (κ2) is 7.02. The Morgan fingerprint density at radius 3 is 2.71 bits per heavy atom. The topological polar surface area (TPSA) is 15.3 Å². The van der Waals surface area contributed by atoms with Crippen molar-refractivity contribution in [2.75, 3.05) is 32.7 Å². The summed E-state index contributed by atoms with van der Waals surface area (Å²) < 4.78 is 0. The molecule has 0 amide bonds. The normalized spacial score (nSPS) is 19.8. The predicted octanol–water partition coefficient (Wildman–Crippen LogP) is 1.88. The summed E-state index contributed by atoms with van der Waals surface area (Å²) in [7, 11) is 0. The smallest absolute Gasteiger partial charge is 0.00158 e. The number of likely N-dealkylation sites (tertiary alicyclic amines) is 1. The maximum Gasteiger partial charge on any atom is 0.00158 e. The highest BCUT2D eigenvalue weighted by Crippen LogP contribution is 2.16. The van der Waals surface area contributed by atoms with Crippen LogP contribution in [0.2, 0.25) is 0 Å². The molecule has 0 saturated carbocycles. The summed E-state index contributed by atoms with van der Waals surface area (Å²) in [5.41, 5.74) is 0. The van der Waals surface area contributed by atoms with Crippen molar-refractivity contribution in [2.24, 2.45) is 5.92 Å². The van der Waals surface area contributed by atoms with E-state index in [-0.39, 0.29) is 0 Å². The highest BCUT2D eigenvalue weighted by molar-refractivity contribution is 4.76. The first-order valence-electron chi connectivity index (χ1n) is 5.90. The summed E-state index contributed by atoms with van der Waals surface area (Å²) >= 11 is 0. The minimum Gasteiger partial charge on any atom is -0.317 e. The summed E-state index contributed by atoms with van der Waals surface area (Å²) in [6, 6.07) is 0. The monoisotopic (exact) mass is 196 g/mol. The molecule has 1 N–H and O–H groups in total. The molecule has 0 atom stereocenters. The Kier molecular flexibility index (Phi) is 5.88. The minimum absolute atomic E-state index is 0.912. The SMILES string of the molecule is C=CCCN1CCC(CNCC)CC1. The van der Waals surface area contributed by atoms with Gasteiger partial charge in [-0.1, -0.05) is 13.0 Å². The third kappa shape index (κ3) is 4.25. The molecule has 0 aliphatic carbocycles. The molecule has 0 bridgehead atoms. The van der Waals surface area contributed by atoms with Crippen LogP contribution >= 0.6 is 0 Å². The van der Waals surface area contributed by atoms with Gasteiger partial charge in [0.2, 0.25) is 0 Å². The van der Waals surface area contributed by atoms with Gasteiger partial charge in [0.1, 0.15) is 0 Å². The van der Waals surface area contributed by atoms with Gasteiger partial charge in [0.25, 0.3) is 0 Å². The van der Waals surface area contributed by atoms with E-state index in [0.717, 1.165) is 18.9 Å². The highest BCUT2D eigenvalue weighted by atomic mass is 15.1. The minimum atomic E-state index is 0.912. The van der Waals surface area contributed by atoms with Gasteiger partial charge in [0.15, 0.2) is 0 Å². The largest absolute Gasteiger partial charge is 0.317 e. The lowest BCUT2D eigenvalue weighted by Gasteiger charge is -2.31. The van der Waals surface area contributed by atoms with Gasteiger partial charge in [0, 0.05) is 6.54 Å². The maximum atomic E-state index is 3.76. The molecule has 0 unspecified atom stereocenters. The molecule has 82 valence electrons. The van der Waals surface area contributed by atoms with Crippen LogP contribution in [0.3, 0.4) is 0 Å². The fourth-order valence-corrected chi connectivity index (χ4v) is 2.04. The van der Waals surface area contributed by atoms with Crippen LogP contribution in [-0.4, -0.2) is 37.6 Å². The summed E-state index contributed by atoms with van der Waals surface area (Å²) in [5.74, 6) is 0.912. The van der Waals surface area contributed by atoms with Crippen molar-refractivity contribution in [3.05, 3.63) is 12.7 Å². The molecule has 2 nitrogen and oxygen atoms in total. The van der Waals surface area contributed by atoms with Gasteiger partial charge in [-0.25, -0.2) is 0 Å². The zero-order chi connectivity index (χ0) is 10.2. The van der Waals surface area contributed by atoms with E-state index in [1.807, 2.05) is 6.08 Å². The van der Waals surface area contributed by atoms with Crippen LogP contribution in [0.4, 0.5) is 0 Å². The molecule has 14 heavy (non-hydrogen) atoms. The number of rotatable bonds is 6. The number of nitrogens with one attached hydrogen (secondary N) is 1. The molecule has 1 fully saturated rings. The van der Waals surface area contributed by atoms with Crippen molar-refractivity contribution in [1.29, 1.82) is 0 Å². The first-order chi connectivity index (χ1) is 6.86. The van der Waals surface area contributed by atoms with Gasteiger partial charge >= 0.3 is 0 Å². The lowest BCUT2D eigenvalue weighted by Crippen LogP contribution is -2.37. The molecule has 1 heterocycles. The number of hydrogen-bond acceptors (Lipinski definition) is 2. The van der Waals surface area contributed by atoms with Crippen LogP contribution in [0.25, 0.3) is 0 Å². The Hall–Kier alpha value is -0.340. The molecule has 0 aromatic carbocycles. The van der Waals surface area contributed by atoms with Crippen LogP contribution in [0.15, 0.2) is 12.7 Å². The van der Waals surface area contributed by atoms with Gasteiger partial charge < -0.3 is 10.2 Å². The van der Waals surface area contributed by atoms with E-state index in [4.69, 9.17) is 0 Å². The van der Waals surface area contributed by atoms with E-state index < -0.39 is 0 Å². The molecular formula is C12H24N2. The van der Waals surface area contributed by atoms with Crippen molar-refractivity contribution in [3.63, 3.8) is 0 Å². The van der Waals surface area contributed by atoms with E-state index >= 15 is 0 Å². The summed E-state index contributed by atoms with van der Waals surface area (Å²) in [5, 5.41) is 3.44. The molecular weight excluding hydrogens is 172 g/mol. The molecule has 2 heteroatoms. The maximum absolute atomic E-state index is 3.76. The van der Waals surface area contributed by atoms with E-state index in [0.29, 0.717) is 0 Å². The zero-order valence-electron chi connectivity index (χ0n) is 9.47. The van der Waals surface area contributed by atoms with Crippen LogP contribution in [-0.2, 0) is 0 Å². The van der Waals surface area contributed by atoms with E-state index in [9.17, 15) is 0 Å². The van der Waals surface area contributed by atoms with Gasteiger partial charge in [-0.2, -0.15) is 0 Å². The fraction of sp³-hybridized carbons (Fsp3) is 0.833. The van der Waals surface area contributed by atoms with Crippen molar-refractivity contribution < 1.29 is 0 Å². The Morgan fingerprint density at radius 1 is 1.43 bits per heavy atom.